The summed E-state index contributed by atoms with van der Waals surface area (Å²) in [7, 11) is 0. The molecule has 0 radical (unpaired) electrons. The summed E-state index contributed by atoms with van der Waals surface area (Å²) in [6, 6.07) is 0. The van der Waals surface area contributed by atoms with Gasteiger partial charge in [-0.25, -0.2) is 9.97 Å². The molecule has 0 aliphatic heterocycles. The summed E-state index contributed by atoms with van der Waals surface area (Å²) in [6.45, 7) is 0. The van der Waals surface area contributed by atoms with E-state index in [-0.39, 0.29) is 5.92 Å². The summed E-state index contributed by atoms with van der Waals surface area (Å²) in [6.07, 6.45) is 2.06. The number of rotatable bonds is 1. The summed E-state index contributed by atoms with van der Waals surface area (Å²) < 4.78 is 1.72. The number of fused-ring (bicyclic) bond motifs is 1. The Kier molecular flexibility index (Phi) is 2.47. The van der Waals surface area contributed by atoms with Crippen LogP contribution in [0.5, 0.6) is 0 Å². The van der Waals surface area contributed by atoms with Gasteiger partial charge in [0.15, 0.2) is 11.5 Å². The summed E-state index contributed by atoms with van der Waals surface area (Å²) >= 11 is 0. The van der Waals surface area contributed by atoms with Crippen LogP contribution < -0.4 is 5.73 Å². The number of anilines is 1. The summed E-state index contributed by atoms with van der Waals surface area (Å²) in [5, 5.41) is 29.1. The van der Waals surface area contributed by atoms with Gasteiger partial charge in [-0.05, 0) is 6.42 Å². The quantitative estimate of drug-likeness (QED) is 0.509. The van der Waals surface area contributed by atoms with Crippen molar-refractivity contribution < 1.29 is 15.3 Å². The first-order valence-electron chi connectivity index (χ1n) is 5.71. The molecule has 0 unspecified atom stereocenters. The van der Waals surface area contributed by atoms with E-state index < -0.39 is 18.3 Å². The first kappa shape index (κ1) is 11.4. The van der Waals surface area contributed by atoms with E-state index in [1.807, 2.05) is 0 Å². The average molecular weight is 250 g/mol. The van der Waals surface area contributed by atoms with Gasteiger partial charge in [0.1, 0.15) is 6.10 Å². The number of aliphatic hydroxyl groups is 3. The molecule has 3 rings (SSSR count). The maximum Gasteiger partial charge on any atom is 0.180 e. The number of nitrogens with zero attached hydrogens (tertiary/aromatic N) is 3. The van der Waals surface area contributed by atoms with Gasteiger partial charge in [0.05, 0.1) is 12.2 Å². The maximum absolute atomic E-state index is 9.93. The van der Waals surface area contributed by atoms with E-state index in [2.05, 4.69) is 9.97 Å². The molecule has 0 saturated heterocycles. The highest BCUT2D eigenvalue weighted by atomic mass is 16.4. The molecule has 7 nitrogen and oxygen atoms in total. The monoisotopic (exact) mass is 250 g/mol. The predicted molar refractivity (Wildman–Crippen MR) is 62.8 cm³/mol. The highest BCUT2D eigenvalue weighted by molar-refractivity contribution is 5.60. The number of aliphatic hydroxyl groups excluding tert-OH is 3. The Morgan fingerprint density at radius 1 is 1.22 bits per heavy atom. The van der Waals surface area contributed by atoms with Crippen LogP contribution in [0, 0.1) is 0 Å². The van der Waals surface area contributed by atoms with Gasteiger partial charge in [-0.15, -0.1) is 0 Å². The molecule has 4 atom stereocenters. The summed E-state index contributed by atoms with van der Waals surface area (Å²) in [5.41, 5.74) is 6.92. The number of nitrogens with two attached hydrogens (primary N) is 1. The molecule has 1 fully saturated rings. The smallest absolute Gasteiger partial charge is 0.180 e. The number of nitrogen functional groups attached to an aromatic ring is 1. The Hall–Kier alpha value is -1.70. The Labute approximate surface area is 103 Å². The molecule has 5 N–H and O–H groups in total. The zero-order valence-electron chi connectivity index (χ0n) is 9.51. The van der Waals surface area contributed by atoms with Gasteiger partial charge in [-0.2, -0.15) is 0 Å². The number of imidazole rings is 1. The van der Waals surface area contributed by atoms with E-state index in [9.17, 15) is 15.3 Å². The second-order valence-electron chi connectivity index (χ2n) is 4.58. The first-order chi connectivity index (χ1) is 8.59. The van der Waals surface area contributed by atoms with Crippen LogP contribution in [0.2, 0.25) is 0 Å². The Bertz CT molecular complexity index is 585. The Morgan fingerprint density at radius 3 is 2.67 bits per heavy atom. The SMILES string of the molecule is Nc1nccn2c([C@@H]3C[C@@H](O)[C@@H](O)[C@H]3O)cnc12. The minimum absolute atomic E-state index is 0.290. The third-order valence-electron chi connectivity index (χ3n) is 3.52. The molecule has 7 heteroatoms. The van der Waals surface area contributed by atoms with Crippen molar-refractivity contribution in [3.05, 3.63) is 24.3 Å². The van der Waals surface area contributed by atoms with Crippen molar-refractivity contribution >= 4 is 11.5 Å². The molecule has 1 aliphatic carbocycles. The number of aromatic nitrogens is 3. The highest BCUT2D eigenvalue weighted by Crippen LogP contribution is 2.35. The largest absolute Gasteiger partial charge is 0.390 e. The van der Waals surface area contributed by atoms with E-state index in [0.29, 0.717) is 23.6 Å². The molecule has 0 amide bonds. The van der Waals surface area contributed by atoms with Gasteiger partial charge in [0.2, 0.25) is 0 Å². The lowest BCUT2D eigenvalue weighted by Crippen LogP contribution is -2.30. The van der Waals surface area contributed by atoms with E-state index in [0.717, 1.165) is 0 Å². The standard InChI is InChI=1S/C11H14N4O3/c12-10-11-14-4-6(15(11)2-1-13-10)5-3-7(16)9(18)8(5)17/h1-2,4-5,7-9,16-18H,3H2,(H2,12,13)/t5-,7+,8-,9+/m0/s1. The van der Waals surface area contributed by atoms with E-state index in [4.69, 9.17) is 5.73 Å². The molecule has 18 heavy (non-hydrogen) atoms. The normalized spacial score (nSPS) is 32.2. The lowest BCUT2D eigenvalue weighted by molar-refractivity contribution is -0.0211. The fraction of sp³-hybridized carbons (Fsp3) is 0.455. The molecule has 1 aliphatic rings. The molecule has 0 spiro atoms. The maximum atomic E-state index is 9.93. The molecule has 0 aromatic carbocycles. The van der Waals surface area contributed by atoms with Crippen LogP contribution in [0.1, 0.15) is 18.0 Å². The lowest BCUT2D eigenvalue weighted by atomic mass is 10.0. The van der Waals surface area contributed by atoms with Crippen molar-refractivity contribution in [2.24, 2.45) is 0 Å². The van der Waals surface area contributed by atoms with Gasteiger partial charge in [0.25, 0.3) is 0 Å². The molecule has 2 aromatic rings. The number of hydrogen-bond donors (Lipinski definition) is 4. The van der Waals surface area contributed by atoms with Crippen LogP contribution in [0.3, 0.4) is 0 Å². The van der Waals surface area contributed by atoms with Crippen LogP contribution >= 0.6 is 0 Å². The molecule has 2 heterocycles. The highest BCUT2D eigenvalue weighted by Gasteiger charge is 2.42. The van der Waals surface area contributed by atoms with Crippen LogP contribution in [0.4, 0.5) is 5.82 Å². The van der Waals surface area contributed by atoms with Crippen LogP contribution in [-0.2, 0) is 0 Å². The molecule has 1 saturated carbocycles. The van der Waals surface area contributed by atoms with E-state index >= 15 is 0 Å². The molecule has 96 valence electrons. The Balaban J connectivity index is 2.08. The lowest BCUT2D eigenvalue weighted by Gasteiger charge is -2.15. The average Bonchev–Trinajstić information content (AvgIpc) is 2.88. The van der Waals surface area contributed by atoms with Crippen molar-refractivity contribution in [1.29, 1.82) is 0 Å². The minimum Gasteiger partial charge on any atom is -0.390 e. The zero-order chi connectivity index (χ0) is 12.9. The third kappa shape index (κ3) is 1.48. The minimum atomic E-state index is -1.13. The summed E-state index contributed by atoms with van der Waals surface area (Å²) in [4.78, 5) is 8.08. The van der Waals surface area contributed by atoms with Crippen LogP contribution in [-0.4, -0.2) is 48.0 Å². The molecular weight excluding hydrogens is 236 g/mol. The van der Waals surface area contributed by atoms with E-state index in [1.165, 1.54) is 0 Å². The topological polar surface area (TPSA) is 117 Å². The van der Waals surface area contributed by atoms with Crippen molar-refractivity contribution in [3.8, 4) is 0 Å². The second-order valence-corrected chi connectivity index (χ2v) is 4.58. The summed E-state index contributed by atoms with van der Waals surface area (Å²) in [5.74, 6) is -0.0656. The molecular formula is C11H14N4O3. The zero-order valence-corrected chi connectivity index (χ0v) is 9.51. The van der Waals surface area contributed by atoms with Gasteiger partial charge in [-0.3, -0.25) is 4.40 Å². The van der Waals surface area contributed by atoms with Gasteiger partial charge in [-0.1, -0.05) is 0 Å². The third-order valence-corrected chi connectivity index (χ3v) is 3.52. The molecule has 2 aromatic heterocycles. The first-order valence-corrected chi connectivity index (χ1v) is 5.71. The van der Waals surface area contributed by atoms with Crippen LogP contribution in [0.25, 0.3) is 5.65 Å². The van der Waals surface area contributed by atoms with Crippen molar-refractivity contribution in [1.82, 2.24) is 14.4 Å². The molecule has 0 bridgehead atoms. The number of hydrogen-bond acceptors (Lipinski definition) is 6. The fourth-order valence-electron chi connectivity index (χ4n) is 2.53. The van der Waals surface area contributed by atoms with E-state index in [1.54, 1.807) is 23.0 Å². The van der Waals surface area contributed by atoms with Crippen molar-refractivity contribution in [2.45, 2.75) is 30.7 Å². The Morgan fingerprint density at radius 2 is 2.00 bits per heavy atom. The second kappa shape index (κ2) is 3.91. The van der Waals surface area contributed by atoms with Gasteiger partial charge in [0, 0.05) is 30.2 Å². The van der Waals surface area contributed by atoms with Crippen molar-refractivity contribution in [2.75, 3.05) is 5.73 Å². The van der Waals surface area contributed by atoms with Crippen molar-refractivity contribution in [3.63, 3.8) is 0 Å². The predicted octanol–water partition coefficient (Wildman–Crippen LogP) is -1.12. The van der Waals surface area contributed by atoms with Crippen LogP contribution in [0.15, 0.2) is 18.6 Å². The van der Waals surface area contributed by atoms with Gasteiger partial charge < -0.3 is 21.1 Å². The fourth-order valence-corrected chi connectivity index (χ4v) is 2.53. The van der Waals surface area contributed by atoms with Gasteiger partial charge >= 0.3 is 0 Å².